The second-order valence-electron chi connectivity index (χ2n) is 4.07. The number of benzene rings is 1. The summed E-state index contributed by atoms with van der Waals surface area (Å²) < 4.78 is 0. The third-order valence-corrected chi connectivity index (χ3v) is 4.03. The summed E-state index contributed by atoms with van der Waals surface area (Å²) in [6, 6.07) is 5.16. The van der Waals surface area contributed by atoms with Crippen molar-refractivity contribution in [3.05, 3.63) is 28.8 Å². The molecule has 0 radical (unpaired) electrons. The quantitative estimate of drug-likeness (QED) is 0.615. The Hall–Kier alpha value is -1.62. The highest BCUT2D eigenvalue weighted by Gasteiger charge is 2.25. The van der Waals surface area contributed by atoms with Gasteiger partial charge in [-0.1, -0.05) is 11.8 Å². The van der Waals surface area contributed by atoms with Gasteiger partial charge in [-0.15, -0.1) is 0 Å². The van der Waals surface area contributed by atoms with Gasteiger partial charge in [0.15, 0.2) is 0 Å². The van der Waals surface area contributed by atoms with Crippen LogP contribution in [-0.2, 0) is 4.79 Å². The fourth-order valence-corrected chi connectivity index (χ4v) is 3.07. The Labute approximate surface area is 103 Å². The van der Waals surface area contributed by atoms with Gasteiger partial charge in [-0.25, -0.2) is 0 Å². The summed E-state index contributed by atoms with van der Waals surface area (Å²) >= 11 is 1.42. The molecule has 1 aromatic carbocycles. The maximum atomic E-state index is 11.9. The third-order valence-electron chi connectivity index (χ3n) is 2.83. The number of carbonyl (C=O) groups is 1. The van der Waals surface area contributed by atoms with Gasteiger partial charge in [0.2, 0.25) is 0 Å². The van der Waals surface area contributed by atoms with Crippen LogP contribution in [0.4, 0.5) is 5.69 Å². The number of aromatic hydroxyl groups is 1. The number of phenolic OH excluding ortho intramolecular Hbond substituents is 1. The highest BCUT2D eigenvalue weighted by molar-refractivity contribution is 8.04. The standard InChI is InChI=1S/C12H12N2O2S/c15-7-3-4-8-10(6-7)17-11-9(14-8)2-1-5-13-12(11)16/h3-4,6,14-15H,1-2,5H2,(H,13,16). The van der Waals surface area contributed by atoms with E-state index in [9.17, 15) is 9.90 Å². The molecule has 1 amide bonds. The first-order valence-electron chi connectivity index (χ1n) is 5.53. The molecule has 0 bridgehead atoms. The summed E-state index contributed by atoms with van der Waals surface area (Å²) in [4.78, 5) is 13.5. The highest BCUT2D eigenvalue weighted by Crippen LogP contribution is 2.42. The van der Waals surface area contributed by atoms with Gasteiger partial charge >= 0.3 is 0 Å². The minimum atomic E-state index is -0.0241. The molecule has 0 aliphatic carbocycles. The summed E-state index contributed by atoms with van der Waals surface area (Å²) in [7, 11) is 0. The van der Waals surface area contributed by atoms with Crippen molar-refractivity contribution < 1.29 is 9.90 Å². The Morgan fingerprint density at radius 3 is 3.12 bits per heavy atom. The summed E-state index contributed by atoms with van der Waals surface area (Å²) in [5.41, 5.74) is 1.95. The van der Waals surface area contributed by atoms with Crippen LogP contribution in [0.5, 0.6) is 5.75 Å². The van der Waals surface area contributed by atoms with Crippen molar-refractivity contribution in [3.8, 4) is 5.75 Å². The number of phenols is 1. The molecule has 0 saturated carbocycles. The molecule has 0 fully saturated rings. The molecule has 2 aliphatic heterocycles. The normalized spacial score (nSPS) is 18.7. The van der Waals surface area contributed by atoms with E-state index in [-0.39, 0.29) is 11.7 Å². The summed E-state index contributed by atoms with van der Waals surface area (Å²) in [6.07, 6.45) is 1.83. The molecule has 17 heavy (non-hydrogen) atoms. The van der Waals surface area contributed by atoms with Crippen LogP contribution in [0.15, 0.2) is 33.7 Å². The van der Waals surface area contributed by atoms with Crippen LogP contribution in [0, 0.1) is 0 Å². The SMILES string of the molecule is O=C1NCCCC2=C1Sc1cc(O)ccc1N2. The number of amides is 1. The largest absolute Gasteiger partial charge is 0.508 e. The van der Waals surface area contributed by atoms with Crippen molar-refractivity contribution >= 4 is 23.4 Å². The first kappa shape index (κ1) is 10.5. The molecular formula is C12H12N2O2S. The van der Waals surface area contributed by atoms with Gasteiger partial charge in [-0.3, -0.25) is 4.79 Å². The fraction of sp³-hybridized carbons (Fsp3) is 0.250. The first-order valence-corrected chi connectivity index (χ1v) is 6.35. The van der Waals surface area contributed by atoms with E-state index in [1.165, 1.54) is 11.8 Å². The van der Waals surface area contributed by atoms with E-state index in [0.29, 0.717) is 0 Å². The van der Waals surface area contributed by atoms with E-state index in [0.717, 1.165) is 40.6 Å². The lowest BCUT2D eigenvalue weighted by atomic mass is 10.2. The lowest BCUT2D eigenvalue weighted by Crippen LogP contribution is -2.24. The fourth-order valence-electron chi connectivity index (χ4n) is 2.00. The highest BCUT2D eigenvalue weighted by atomic mass is 32.2. The third kappa shape index (κ3) is 1.86. The number of hydrogen-bond donors (Lipinski definition) is 3. The zero-order valence-corrected chi connectivity index (χ0v) is 9.93. The first-order chi connectivity index (χ1) is 8.24. The minimum absolute atomic E-state index is 0.0241. The summed E-state index contributed by atoms with van der Waals surface area (Å²) in [5.74, 6) is 0.195. The van der Waals surface area contributed by atoms with Crippen molar-refractivity contribution in [2.75, 3.05) is 11.9 Å². The molecule has 0 unspecified atom stereocenters. The van der Waals surface area contributed by atoms with Gasteiger partial charge in [0, 0.05) is 17.1 Å². The molecule has 4 nitrogen and oxygen atoms in total. The number of hydrogen-bond acceptors (Lipinski definition) is 4. The van der Waals surface area contributed by atoms with Crippen molar-refractivity contribution in [2.24, 2.45) is 0 Å². The Morgan fingerprint density at radius 2 is 2.24 bits per heavy atom. The van der Waals surface area contributed by atoms with E-state index in [1.807, 2.05) is 6.07 Å². The molecule has 0 atom stereocenters. The van der Waals surface area contributed by atoms with Crippen LogP contribution in [0.2, 0.25) is 0 Å². The number of fused-ring (bicyclic) bond motifs is 1. The molecule has 88 valence electrons. The Morgan fingerprint density at radius 1 is 1.35 bits per heavy atom. The van der Waals surface area contributed by atoms with E-state index < -0.39 is 0 Å². The monoisotopic (exact) mass is 248 g/mol. The molecule has 3 rings (SSSR count). The number of carbonyl (C=O) groups excluding carboxylic acids is 1. The topological polar surface area (TPSA) is 61.4 Å². The number of anilines is 1. The molecular weight excluding hydrogens is 236 g/mol. The molecule has 0 spiro atoms. The predicted octanol–water partition coefficient (Wildman–Crippen LogP) is 2.03. The van der Waals surface area contributed by atoms with Gasteiger partial charge in [0.05, 0.1) is 10.6 Å². The van der Waals surface area contributed by atoms with E-state index >= 15 is 0 Å². The number of thioether (sulfide) groups is 1. The second kappa shape index (κ2) is 4.00. The molecule has 0 aromatic heterocycles. The van der Waals surface area contributed by atoms with Crippen molar-refractivity contribution in [2.45, 2.75) is 17.7 Å². The maximum absolute atomic E-state index is 11.9. The molecule has 2 aliphatic rings. The van der Waals surface area contributed by atoms with Crippen LogP contribution in [0.1, 0.15) is 12.8 Å². The zero-order chi connectivity index (χ0) is 11.8. The lowest BCUT2D eigenvalue weighted by Gasteiger charge is -2.21. The van der Waals surface area contributed by atoms with Crippen molar-refractivity contribution in [1.82, 2.24) is 5.32 Å². The summed E-state index contributed by atoms with van der Waals surface area (Å²) in [6.45, 7) is 0.718. The van der Waals surface area contributed by atoms with Crippen molar-refractivity contribution in [3.63, 3.8) is 0 Å². The van der Waals surface area contributed by atoms with E-state index in [4.69, 9.17) is 0 Å². The number of rotatable bonds is 0. The minimum Gasteiger partial charge on any atom is -0.508 e. The van der Waals surface area contributed by atoms with Gasteiger partial charge < -0.3 is 15.7 Å². The smallest absolute Gasteiger partial charge is 0.259 e. The average molecular weight is 248 g/mol. The van der Waals surface area contributed by atoms with Gasteiger partial charge in [0.1, 0.15) is 5.75 Å². The molecule has 1 aromatic rings. The Balaban J connectivity index is 2.01. The average Bonchev–Trinajstić information content (AvgIpc) is 2.49. The Kier molecular flexibility index (Phi) is 2.48. The lowest BCUT2D eigenvalue weighted by molar-refractivity contribution is -0.116. The van der Waals surface area contributed by atoms with Crippen molar-refractivity contribution in [1.29, 1.82) is 0 Å². The maximum Gasteiger partial charge on any atom is 0.259 e. The van der Waals surface area contributed by atoms with Crippen LogP contribution in [0.3, 0.4) is 0 Å². The molecule has 3 N–H and O–H groups in total. The van der Waals surface area contributed by atoms with E-state index in [1.54, 1.807) is 12.1 Å². The predicted molar refractivity (Wildman–Crippen MR) is 66.9 cm³/mol. The van der Waals surface area contributed by atoms with Crippen LogP contribution in [0.25, 0.3) is 0 Å². The van der Waals surface area contributed by atoms with Gasteiger partial charge in [0.25, 0.3) is 5.91 Å². The number of allylic oxidation sites excluding steroid dienone is 1. The number of nitrogens with one attached hydrogen (secondary N) is 2. The Bertz CT molecular complexity index is 525. The zero-order valence-electron chi connectivity index (χ0n) is 9.12. The van der Waals surface area contributed by atoms with Crippen LogP contribution in [-0.4, -0.2) is 17.6 Å². The molecule has 2 heterocycles. The van der Waals surface area contributed by atoms with Gasteiger partial charge in [-0.05, 0) is 31.0 Å². The van der Waals surface area contributed by atoms with E-state index in [2.05, 4.69) is 10.6 Å². The second-order valence-corrected chi connectivity index (χ2v) is 5.13. The molecule has 0 saturated heterocycles. The van der Waals surface area contributed by atoms with Crippen LogP contribution >= 0.6 is 11.8 Å². The van der Waals surface area contributed by atoms with Crippen LogP contribution < -0.4 is 10.6 Å². The summed E-state index contributed by atoms with van der Waals surface area (Å²) in [5, 5.41) is 15.6. The molecule has 5 heteroatoms. The van der Waals surface area contributed by atoms with Gasteiger partial charge in [-0.2, -0.15) is 0 Å².